The molecule has 0 radical (unpaired) electrons. The van der Waals surface area contributed by atoms with Crippen molar-refractivity contribution in [3.8, 4) is 10.8 Å². The number of thiazole rings is 1. The summed E-state index contributed by atoms with van der Waals surface area (Å²) in [7, 11) is 0. The SMILES string of the molecule is Cc1nc(-c2ccco2)sc1CN. The lowest BCUT2D eigenvalue weighted by atomic mass is 10.4. The fourth-order valence-corrected chi connectivity index (χ4v) is 2.03. The number of hydrogen-bond donors (Lipinski definition) is 1. The van der Waals surface area contributed by atoms with Gasteiger partial charge < -0.3 is 10.2 Å². The van der Waals surface area contributed by atoms with Crippen LogP contribution in [0.2, 0.25) is 0 Å². The summed E-state index contributed by atoms with van der Waals surface area (Å²) < 4.78 is 5.24. The first-order valence-corrected chi connectivity index (χ1v) is 4.83. The van der Waals surface area contributed by atoms with Crippen LogP contribution in [0, 0.1) is 6.92 Å². The van der Waals surface area contributed by atoms with Gasteiger partial charge in [0.05, 0.1) is 12.0 Å². The average Bonchev–Trinajstić information content (AvgIpc) is 2.71. The first kappa shape index (κ1) is 8.47. The minimum absolute atomic E-state index is 0.546. The number of nitrogens with two attached hydrogens (primary N) is 1. The van der Waals surface area contributed by atoms with Crippen LogP contribution < -0.4 is 5.73 Å². The predicted molar refractivity (Wildman–Crippen MR) is 52.4 cm³/mol. The second kappa shape index (κ2) is 3.32. The Hall–Kier alpha value is -1.13. The zero-order valence-electron chi connectivity index (χ0n) is 7.28. The second-order valence-electron chi connectivity index (χ2n) is 2.71. The number of rotatable bonds is 2. The van der Waals surface area contributed by atoms with Gasteiger partial charge in [-0.2, -0.15) is 0 Å². The minimum atomic E-state index is 0.546. The van der Waals surface area contributed by atoms with Crippen molar-refractivity contribution in [3.05, 3.63) is 29.0 Å². The number of nitrogens with zero attached hydrogens (tertiary/aromatic N) is 1. The van der Waals surface area contributed by atoms with Gasteiger partial charge in [-0.05, 0) is 19.1 Å². The van der Waals surface area contributed by atoms with Gasteiger partial charge in [-0.3, -0.25) is 0 Å². The molecule has 0 aliphatic heterocycles. The third-order valence-corrected chi connectivity index (χ3v) is 3.00. The number of aromatic nitrogens is 1. The minimum Gasteiger partial charge on any atom is -0.462 e. The Balaban J connectivity index is 2.43. The van der Waals surface area contributed by atoms with Crippen molar-refractivity contribution >= 4 is 11.3 Å². The molecule has 3 nitrogen and oxygen atoms in total. The van der Waals surface area contributed by atoms with Crippen LogP contribution in [-0.2, 0) is 6.54 Å². The number of furan rings is 1. The van der Waals surface area contributed by atoms with E-state index in [1.807, 2.05) is 19.1 Å². The van der Waals surface area contributed by atoms with Crippen molar-refractivity contribution < 1.29 is 4.42 Å². The summed E-state index contributed by atoms with van der Waals surface area (Å²) in [5.74, 6) is 0.813. The molecule has 0 aromatic carbocycles. The van der Waals surface area contributed by atoms with Crippen molar-refractivity contribution in [1.82, 2.24) is 4.98 Å². The molecule has 0 spiro atoms. The van der Waals surface area contributed by atoms with Crippen LogP contribution in [0.3, 0.4) is 0 Å². The maximum atomic E-state index is 5.56. The summed E-state index contributed by atoms with van der Waals surface area (Å²) >= 11 is 1.59. The molecule has 0 bridgehead atoms. The Morgan fingerprint density at radius 2 is 2.46 bits per heavy atom. The molecule has 4 heteroatoms. The third kappa shape index (κ3) is 1.50. The summed E-state index contributed by atoms with van der Waals surface area (Å²) in [4.78, 5) is 5.49. The zero-order chi connectivity index (χ0) is 9.26. The van der Waals surface area contributed by atoms with Crippen LogP contribution in [0.15, 0.2) is 22.8 Å². The van der Waals surface area contributed by atoms with Crippen LogP contribution >= 0.6 is 11.3 Å². The van der Waals surface area contributed by atoms with Gasteiger partial charge in [0.2, 0.25) is 0 Å². The van der Waals surface area contributed by atoms with Crippen LogP contribution in [-0.4, -0.2) is 4.98 Å². The molecule has 13 heavy (non-hydrogen) atoms. The lowest BCUT2D eigenvalue weighted by molar-refractivity contribution is 0.581. The maximum Gasteiger partial charge on any atom is 0.162 e. The van der Waals surface area contributed by atoms with E-state index < -0.39 is 0 Å². The highest BCUT2D eigenvalue weighted by atomic mass is 32.1. The Morgan fingerprint density at radius 1 is 1.62 bits per heavy atom. The molecule has 2 aromatic heterocycles. The van der Waals surface area contributed by atoms with E-state index in [-0.39, 0.29) is 0 Å². The van der Waals surface area contributed by atoms with Crippen LogP contribution in [0.4, 0.5) is 0 Å². The molecule has 2 heterocycles. The first-order valence-electron chi connectivity index (χ1n) is 4.01. The lowest BCUT2D eigenvalue weighted by Crippen LogP contribution is -1.94. The molecule has 2 N–H and O–H groups in total. The Labute approximate surface area is 80.2 Å². The van der Waals surface area contributed by atoms with Gasteiger partial charge in [0.1, 0.15) is 0 Å². The van der Waals surface area contributed by atoms with E-state index in [1.54, 1.807) is 17.6 Å². The molecule has 0 unspecified atom stereocenters. The topological polar surface area (TPSA) is 52.0 Å². The Morgan fingerprint density at radius 3 is 3.00 bits per heavy atom. The van der Waals surface area contributed by atoms with E-state index in [0.717, 1.165) is 21.3 Å². The van der Waals surface area contributed by atoms with E-state index in [1.165, 1.54) is 0 Å². The molecule has 0 saturated heterocycles. The fourth-order valence-electron chi connectivity index (χ4n) is 1.12. The summed E-state index contributed by atoms with van der Waals surface area (Å²) in [6.45, 7) is 2.51. The predicted octanol–water partition coefficient (Wildman–Crippen LogP) is 2.17. The third-order valence-electron chi connectivity index (χ3n) is 1.81. The van der Waals surface area contributed by atoms with Crippen molar-refractivity contribution in [2.45, 2.75) is 13.5 Å². The summed E-state index contributed by atoms with van der Waals surface area (Å²) in [5.41, 5.74) is 6.56. The molecule has 0 saturated carbocycles. The lowest BCUT2D eigenvalue weighted by Gasteiger charge is -1.86. The van der Waals surface area contributed by atoms with Crippen LogP contribution in [0.1, 0.15) is 10.6 Å². The van der Waals surface area contributed by atoms with Crippen molar-refractivity contribution in [2.75, 3.05) is 0 Å². The molecule has 0 atom stereocenters. The van der Waals surface area contributed by atoms with Gasteiger partial charge in [-0.15, -0.1) is 11.3 Å². The largest absolute Gasteiger partial charge is 0.462 e. The summed E-state index contributed by atoms with van der Waals surface area (Å²) in [6.07, 6.45) is 1.65. The normalized spacial score (nSPS) is 10.6. The molecule has 68 valence electrons. The van der Waals surface area contributed by atoms with E-state index in [0.29, 0.717) is 6.54 Å². The highest BCUT2D eigenvalue weighted by Gasteiger charge is 2.09. The van der Waals surface area contributed by atoms with E-state index in [4.69, 9.17) is 10.2 Å². The number of aryl methyl sites for hydroxylation is 1. The van der Waals surface area contributed by atoms with Gasteiger partial charge in [-0.25, -0.2) is 4.98 Å². The molecule has 0 aliphatic rings. The maximum absolute atomic E-state index is 5.56. The Bertz CT molecular complexity index is 392. The highest BCUT2D eigenvalue weighted by molar-refractivity contribution is 7.15. The average molecular weight is 194 g/mol. The smallest absolute Gasteiger partial charge is 0.162 e. The fraction of sp³-hybridized carbons (Fsp3) is 0.222. The van der Waals surface area contributed by atoms with E-state index >= 15 is 0 Å². The van der Waals surface area contributed by atoms with Gasteiger partial charge in [0.25, 0.3) is 0 Å². The van der Waals surface area contributed by atoms with Crippen molar-refractivity contribution in [3.63, 3.8) is 0 Å². The van der Waals surface area contributed by atoms with E-state index in [9.17, 15) is 0 Å². The summed E-state index contributed by atoms with van der Waals surface area (Å²) in [6, 6.07) is 3.76. The second-order valence-corrected chi connectivity index (χ2v) is 3.79. The molecule has 0 amide bonds. The van der Waals surface area contributed by atoms with Gasteiger partial charge in [0, 0.05) is 11.4 Å². The van der Waals surface area contributed by atoms with Gasteiger partial charge in [0.15, 0.2) is 10.8 Å². The van der Waals surface area contributed by atoms with Crippen LogP contribution in [0.25, 0.3) is 10.8 Å². The molecular formula is C9H10N2OS. The molecule has 2 rings (SSSR count). The molecule has 0 fully saturated rings. The number of hydrogen-bond acceptors (Lipinski definition) is 4. The monoisotopic (exact) mass is 194 g/mol. The van der Waals surface area contributed by atoms with Crippen molar-refractivity contribution in [1.29, 1.82) is 0 Å². The van der Waals surface area contributed by atoms with Gasteiger partial charge in [-0.1, -0.05) is 0 Å². The highest BCUT2D eigenvalue weighted by Crippen LogP contribution is 2.27. The summed E-state index contributed by atoms with van der Waals surface area (Å²) in [5, 5.41) is 0.906. The zero-order valence-corrected chi connectivity index (χ0v) is 8.10. The van der Waals surface area contributed by atoms with Crippen molar-refractivity contribution in [2.24, 2.45) is 5.73 Å². The van der Waals surface area contributed by atoms with Crippen LogP contribution in [0.5, 0.6) is 0 Å². The van der Waals surface area contributed by atoms with Gasteiger partial charge >= 0.3 is 0 Å². The standard InChI is InChI=1S/C9H10N2OS/c1-6-8(5-10)13-9(11-6)7-3-2-4-12-7/h2-4H,5,10H2,1H3. The molecule has 0 aliphatic carbocycles. The van der Waals surface area contributed by atoms with E-state index in [2.05, 4.69) is 4.98 Å². The molecular weight excluding hydrogens is 184 g/mol. The molecule has 2 aromatic rings. The quantitative estimate of drug-likeness (QED) is 0.797. The Kier molecular flexibility index (Phi) is 2.16. The first-order chi connectivity index (χ1) is 6.31.